The summed E-state index contributed by atoms with van der Waals surface area (Å²) < 4.78 is 13.7. The van der Waals surface area contributed by atoms with Gasteiger partial charge in [0.15, 0.2) is 0 Å². The minimum absolute atomic E-state index is 0.0281. The average molecular weight is 476 g/mol. The number of ether oxygens (including phenoxy) is 2. The van der Waals surface area contributed by atoms with E-state index in [1.165, 1.54) is 0 Å². The summed E-state index contributed by atoms with van der Waals surface area (Å²) >= 11 is 6.23. The van der Waals surface area contributed by atoms with Gasteiger partial charge in [-0.3, -0.25) is 4.79 Å². The Morgan fingerprint density at radius 1 is 1.06 bits per heavy atom. The molecule has 1 saturated heterocycles. The Labute approximate surface area is 203 Å². The Kier molecular flexibility index (Phi) is 6.16. The lowest BCUT2D eigenvalue weighted by Crippen LogP contribution is -2.25. The van der Waals surface area contributed by atoms with Gasteiger partial charge in [-0.25, -0.2) is 4.98 Å². The van der Waals surface area contributed by atoms with E-state index in [1.807, 2.05) is 49.4 Å². The summed E-state index contributed by atoms with van der Waals surface area (Å²) in [6, 6.07) is 21.4. The summed E-state index contributed by atoms with van der Waals surface area (Å²) in [7, 11) is 1.60. The predicted molar refractivity (Wildman–Crippen MR) is 134 cm³/mol. The zero-order valence-electron chi connectivity index (χ0n) is 19.2. The molecule has 2 heterocycles. The highest BCUT2D eigenvalue weighted by Gasteiger charge is 2.36. The van der Waals surface area contributed by atoms with Crippen molar-refractivity contribution in [3.8, 4) is 11.5 Å². The van der Waals surface area contributed by atoms with Crippen molar-refractivity contribution in [2.45, 2.75) is 25.8 Å². The number of amides is 1. The molecule has 7 heteroatoms. The lowest BCUT2D eigenvalue weighted by Gasteiger charge is -2.20. The Balaban J connectivity index is 1.43. The molecule has 0 unspecified atom stereocenters. The quantitative estimate of drug-likeness (QED) is 0.349. The molecule has 0 spiro atoms. The van der Waals surface area contributed by atoms with Gasteiger partial charge < -0.3 is 18.9 Å². The molecule has 4 aromatic rings. The van der Waals surface area contributed by atoms with Gasteiger partial charge in [-0.05, 0) is 48.9 Å². The van der Waals surface area contributed by atoms with Gasteiger partial charge in [0.25, 0.3) is 0 Å². The van der Waals surface area contributed by atoms with Gasteiger partial charge in [0.1, 0.15) is 23.9 Å². The monoisotopic (exact) mass is 475 g/mol. The fraction of sp³-hybridized carbons (Fsp3) is 0.259. The molecule has 6 nitrogen and oxygen atoms in total. The number of aromatic nitrogens is 2. The highest BCUT2D eigenvalue weighted by molar-refractivity contribution is 6.31. The second-order valence-corrected chi connectivity index (χ2v) is 8.88. The molecule has 174 valence electrons. The van der Waals surface area contributed by atoms with E-state index in [9.17, 15) is 4.79 Å². The van der Waals surface area contributed by atoms with Crippen LogP contribution >= 0.6 is 11.6 Å². The summed E-state index contributed by atoms with van der Waals surface area (Å²) in [5, 5.41) is 0.563. The summed E-state index contributed by atoms with van der Waals surface area (Å²) in [4.78, 5) is 19.8. The van der Waals surface area contributed by atoms with Crippen LogP contribution in [0, 0.1) is 6.92 Å². The van der Waals surface area contributed by atoms with Crippen LogP contribution in [0.1, 0.15) is 23.7 Å². The standard InChI is InChI=1S/C27H26ClN3O3/c1-18-7-3-6-10-24(18)34-14-13-30-22-9-5-4-8-21(22)29-27(30)19-15-26(32)31(17-19)23-16-20(28)11-12-25(23)33-2/h3-12,16,19H,13-15,17H2,1-2H3/t19-/m0/s1. The normalized spacial score (nSPS) is 15.8. The lowest BCUT2D eigenvalue weighted by molar-refractivity contribution is -0.117. The van der Waals surface area contributed by atoms with Gasteiger partial charge in [-0.2, -0.15) is 0 Å². The maximum atomic E-state index is 13.1. The van der Waals surface area contributed by atoms with Gasteiger partial charge in [-0.15, -0.1) is 0 Å². The number of nitrogens with zero attached hydrogens (tertiary/aromatic N) is 3. The SMILES string of the molecule is COc1ccc(Cl)cc1N1C[C@@H](c2nc3ccccc3n2CCOc2ccccc2C)CC1=O. The van der Waals surface area contributed by atoms with Crippen LogP contribution in [0.5, 0.6) is 11.5 Å². The fourth-order valence-electron chi connectivity index (χ4n) is 4.59. The number of halogens is 1. The van der Waals surface area contributed by atoms with Crippen molar-refractivity contribution in [3.05, 3.63) is 83.1 Å². The average Bonchev–Trinajstić information content (AvgIpc) is 3.41. The number of hydrogen-bond donors (Lipinski definition) is 0. The molecule has 0 saturated carbocycles. The minimum atomic E-state index is -0.0537. The number of carbonyl (C=O) groups excluding carboxylic acids is 1. The van der Waals surface area contributed by atoms with Crippen molar-refractivity contribution in [2.24, 2.45) is 0 Å². The second kappa shape index (κ2) is 9.39. The number of aryl methyl sites for hydroxylation is 1. The number of rotatable bonds is 7. The number of fused-ring (bicyclic) bond motifs is 1. The largest absolute Gasteiger partial charge is 0.495 e. The highest BCUT2D eigenvalue weighted by Crippen LogP contribution is 2.38. The molecule has 34 heavy (non-hydrogen) atoms. The summed E-state index contributed by atoms with van der Waals surface area (Å²) in [5.74, 6) is 2.37. The first kappa shape index (κ1) is 22.3. The molecule has 1 aromatic heterocycles. The smallest absolute Gasteiger partial charge is 0.227 e. The number of anilines is 1. The van der Waals surface area contributed by atoms with E-state index < -0.39 is 0 Å². The van der Waals surface area contributed by atoms with E-state index in [0.717, 1.165) is 28.2 Å². The van der Waals surface area contributed by atoms with Crippen molar-refractivity contribution < 1.29 is 14.3 Å². The molecule has 5 rings (SSSR count). The van der Waals surface area contributed by atoms with E-state index >= 15 is 0 Å². The van der Waals surface area contributed by atoms with Gasteiger partial charge >= 0.3 is 0 Å². The molecule has 0 radical (unpaired) electrons. The third-order valence-corrected chi connectivity index (χ3v) is 6.51. The number of hydrogen-bond acceptors (Lipinski definition) is 4. The van der Waals surface area contributed by atoms with Crippen LogP contribution in [0.2, 0.25) is 5.02 Å². The molecule has 1 aliphatic rings. The predicted octanol–water partition coefficient (Wildman–Crippen LogP) is 5.61. The van der Waals surface area contributed by atoms with Gasteiger partial charge in [0.2, 0.25) is 5.91 Å². The van der Waals surface area contributed by atoms with Crippen LogP contribution < -0.4 is 14.4 Å². The number of benzene rings is 3. The Hall–Kier alpha value is -3.51. The zero-order chi connectivity index (χ0) is 23.7. The van der Waals surface area contributed by atoms with Crippen molar-refractivity contribution in [1.82, 2.24) is 9.55 Å². The summed E-state index contributed by atoms with van der Waals surface area (Å²) in [6.45, 7) is 3.69. The molecule has 1 amide bonds. The van der Waals surface area contributed by atoms with E-state index in [0.29, 0.717) is 42.6 Å². The van der Waals surface area contributed by atoms with E-state index in [2.05, 4.69) is 10.6 Å². The van der Waals surface area contributed by atoms with Crippen molar-refractivity contribution in [3.63, 3.8) is 0 Å². The first-order valence-corrected chi connectivity index (χ1v) is 11.7. The third-order valence-electron chi connectivity index (χ3n) is 6.27. The summed E-state index contributed by atoms with van der Waals surface area (Å²) in [6.07, 6.45) is 0.373. The fourth-order valence-corrected chi connectivity index (χ4v) is 4.76. The number of methoxy groups -OCH3 is 1. The maximum Gasteiger partial charge on any atom is 0.227 e. The Morgan fingerprint density at radius 3 is 2.68 bits per heavy atom. The van der Waals surface area contributed by atoms with Crippen LogP contribution in [0.15, 0.2) is 66.7 Å². The van der Waals surface area contributed by atoms with E-state index in [4.69, 9.17) is 26.1 Å². The Morgan fingerprint density at radius 2 is 1.85 bits per heavy atom. The molecule has 1 atom stereocenters. The van der Waals surface area contributed by atoms with Crippen molar-refractivity contribution in [2.75, 3.05) is 25.2 Å². The van der Waals surface area contributed by atoms with Gasteiger partial charge in [0, 0.05) is 23.9 Å². The van der Waals surface area contributed by atoms with Crippen LogP contribution in [-0.4, -0.2) is 35.7 Å². The van der Waals surface area contributed by atoms with E-state index in [-0.39, 0.29) is 11.8 Å². The molecule has 0 aliphatic carbocycles. The van der Waals surface area contributed by atoms with E-state index in [1.54, 1.807) is 30.2 Å². The van der Waals surface area contributed by atoms with Crippen LogP contribution in [0.4, 0.5) is 5.69 Å². The third kappa shape index (κ3) is 4.21. The molecular weight excluding hydrogens is 450 g/mol. The molecule has 1 aliphatic heterocycles. The lowest BCUT2D eigenvalue weighted by atomic mass is 10.1. The molecule has 1 fully saturated rings. The highest BCUT2D eigenvalue weighted by atomic mass is 35.5. The minimum Gasteiger partial charge on any atom is -0.495 e. The zero-order valence-corrected chi connectivity index (χ0v) is 20.0. The Bertz CT molecular complexity index is 1350. The number of imidazole rings is 1. The number of para-hydroxylation sites is 3. The molecule has 0 N–H and O–H groups in total. The first-order chi connectivity index (χ1) is 16.5. The molecule has 3 aromatic carbocycles. The second-order valence-electron chi connectivity index (χ2n) is 8.45. The topological polar surface area (TPSA) is 56.6 Å². The van der Waals surface area contributed by atoms with Crippen molar-refractivity contribution >= 4 is 34.2 Å². The summed E-state index contributed by atoms with van der Waals surface area (Å²) in [5.41, 5.74) is 3.75. The van der Waals surface area contributed by atoms with Crippen LogP contribution in [0.3, 0.4) is 0 Å². The molecular formula is C27H26ClN3O3. The number of carbonyl (C=O) groups is 1. The van der Waals surface area contributed by atoms with Gasteiger partial charge in [0.05, 0.1) is 30.4 Å². The van der Waals surface area contributed by atoms with Gasteiger partial charge in [-0.1, -0.05) is 41.9 Å². The first-order valence-electron chi connectivity index (χ1n) is 11.3. The van der Waals surface area contributed by atoms with Crippen LogP contribution in [0.25, 0.3) is 11.0 Å². The maximum absolute atomic E-state index is 13.1. The van der Waals surface area contributed by atoms with Crippen molar-refractivity contribution in [1.29, 1.82) is 0 Å². The molecule has 0 bridgehead atoms. The van der Waals surface area contributed by atoms with Crippen LogP contribution in [-0.2, 0) is 11.3 Å².